The lowest BCUT2D eigenvalue weighted by Crippen LogP contribution is -1.91. The van der Waals surface area contributed by atoms with Crippen LogP contribution in [0.5, 0.6) is 0 Å². The molecule has 3 heteroatoms. The number of hydrogen-bond donors (Lipinski definition) is 0. The lowest BCUT2D eigenvalue weighted by Gasteiger charge is -2.08. The zero-order chi connectivity index (χ0) is 10.0. The van der Waals surface area contributed by atoms with E-state index >= 15 is 0 Å². The van der Waals surface area contributed by atoms with Gasteiger partial charge in [-0.15, -0.1) is 0 Å². The molecular weight excluding hydrogens is 194 g/mol. The van der Waals surface area contributed by atoms with Gasteiger partial charge >= 0.3 is 0 Å². The molecule has 13 heavy (non-hydrogen) atoms. The van der Waals surface area contributed by atoms with Crippen LogP contribution in [0.3, 0.4) is 0 Å². The summed E-state index contributed by atoms with van der Waals surface area (Å²) < 4.78 is 24.7. The molecule has 72 valence electrons. The molecule has 0 saturated carbocycles. The van der Waals surface area contributed by atoms with Crippen molar-refractivity contribution in [2.24, 2.45) is 0 Å². The summed E-state index contributed by atoms with van der Waals surface area (Å²) in [5, 5.41) is 0.376. The van der Waals surface area contributed by atoms with Gasteiger partial charge in [-0.3, -0.25) is 0 Å². The molecule has 0 bridgehead atoms. The highest BCUT2D eigenvalue weighted by molar-refractivity contribution is 6.30. The monoisotopic (exact) mass is 204 g/mol. The first-order chi connectivity index (χ1) is 6.00. The van der Waals surface area contributed by atoms with Crippen LogP contribution in [0.25, 0.3) is 0 Å². The molecule has 0 fully saturated rings. The van der Waals surface area contributed by atoms with E-state index in [1.807, 2.05) is 13.8 Å². The van der Waals surface area contributed by atoms with Crippen LogP contribution < -0.4 is 0 Å². The summed E-state index contributed by atoms with van der Waals surface area (Å²) in [5.74, 6) is 0.219. The van der Waals surface area contributed by atoms with Crippen LogP contribution in [-0.4, -0.2) is 0 Å². The van der Waals surface area contributed by atoms with E-state index in [1.54, 1.807) is 6.07 Å². The molecule has 0 aliphatic rings. The van der Waals surface area contributed by atoms with Gasteiger partial charge < -0.3 is 0 Å². The van der Waals surface area contributed by atoms with Crippen LogP contribution in [0.1, 0.15) is 37.3 Å². The van der Waals surface area contributed by atoms with Crippen LogP contribution in [-0.2, 0) is 0 Å². The van der Waals surface area contributed by atoms with Crippen LogP contribution >= 0.6 is 11.6 Å². The van der Waals surface area contributed by atoms with Crippen molar-refractivity contribution in [1.82, 2.24) is 0 Å². The van der Waals surface area contributed by atoms with Gasteiger partial charge in [-0.25, -0.2) is 8.78 Å². The topological polar surface area (TPSA) is 0 Å². The molecule has 0 amide bonds. The lowest BCUT2D eigenvalue weighted by atomic mass is 10.0. The molecule has 0 heterocycles. The fourth-order valence-corrected chi connectivity index (χ4v) is 1.35. The Balaban J connectivity index is 3.11. The number of benzene rings is 1. The first kappa shape index (κ1) is 10.5. The SMILES string of the molecule is CC(C)c1cc(Cl)cc(C(F)F)c1. The summed E-state index contributed by atoms with van der Waals surface area (Å²) in [4.78, 5) is 0. The standard InChI is InChI=1S/C10H11ClF2/c1-6(2)7-3-8(10(12)13)5-9(11)4-7/h3-6,10H,1-2H3. The van der Waals surface area contributed by atoms with Crippen LogP contribution in [0.2, 0.25) is 5.02 Å². The molecule has 0 spiro atoms. The minimum absolute atomic E-state index is 0.00352. The van der Waals surface area contributed by atoms with Crippen molar-refractivity contribution in [3.63, 3.8) is 0 Å². The van der Waals surface area contributed by atoms with Crippen LogP contribution in [0.4, 0.5) is 8.78 Å². The van der Waals surface area contributed by atoms with Crippen molar-refractivity contribution in [1.29, 1.82) is 0 Å². The van der Waals surface area contributed by atoms with Crippen molar-refractivity contribution in [3.8, 4) is 0 Å². The van der Waals surface area contributed by atoms with E-state index in [-0.39, 0.29) is 11.5 Å². The van der Waals surface area contributed by atoms with Crippen LogP contribution in [0, 0.1) is 0 Å². The highest BCUT2D eigenvalue weighted by Crippen LogP contribution is 2.27. The number of rotatable bonds is 2. The van der Waals surface area contributed by atoms with Gasteiger partial charge in [0.05, 0.1) is 0 Å². The molecule has 0 aliphatic heterocycles. The molecular formula is C10H11ClF2. The Morgan fingerprint density at radius 2 is 1.62 bits per heavy atom. The highest BCUT2D eigenvalue weighted by atomic mass is 35.5. The minimum Gasteiger partial charge on any atom is -0.205 e. The summed E-state index contributed by atoms with van der Waals surface area (Å²) in [6.45, 7) is 3.89. The molecule has 0 nitrogen and oxygen atoms in total. The van der Waals surface area contributed by atoms with Gasteiger partial charge in [0.1, 0.15) is 0 Å². The smallest absolute Gasteiger partial charge is 0.205 e. The normalized spacial score (nSPS) is 11.3. The quantitative estimate of drug-likeness (QED) is 0.670. The third-order valence-corrected chi connectivity index (χ3v) is 2.08. The third-order valence-electron chi connectivity index (χ3n) is 1.86. The molecule has 0 aliphatic carbocycles. The Kier molecular flexibility index (Phi) is 3.26. The second-order valence-corrected chi connectivity index (χ2v) is 3.71. The highest BCUT2D eigenvalue weighted by Gasteiger charge is 2.10. The fraction of sp³-hybridized carbons (Fsp3) is 0.400. The van der Waals surface area contributed by atoms with E-state index in [0.29, 0.717) is 5.02 Å². The molecule has 0 unspecified atom stereocenters. The first-order valence-corrected chi connectivity index (χ1v) is 4.47. The maximum atomic E-state index is 12.3. The second-order valence-electron chi connectivity index (χ2n) is 3.27. The summed E-state index contributed by atoms with van der Waals surface area (Å²) in [6.07, 6.45) is -2.45. The second kappa shape index (κ2) is 4.05. The van der Waals surface area contributed by atoms with E-state index in [9.17, 15) is 8.78 Å². The number of alkyl halides is 2. The van der Waals surface area contributed by atoms with Gasteiger partial charge in [0.25, 0.3) is 6.43 Å². The van der Waals surface area contributed by atoms with Crippen molar-refractivity contribution < 1.29 is 8.78 Å². The molecule has 1 rings (SSSR count). The number of halogens is 3. The molecule has 0 atom stereocenters. The Morgan fingerprint density at radius 1 is 1.08 bits per heavy atom. The Labute approximate surface area is 81.5 Å². The van der Waals surface area contributed by atoms with E-state index in [2.05, 4.69) is 0 Å². The van der Waals surface area contributed by atoms with Gasteiger partial charge in [0.2, 0.25) is 0 Å². The largest absolute Gasteiger partial charge is 0.263 e. The van der Waals surface area contributed by atoms with Gasteiger partial charge in [-0.1, -0.05) is 25.4 Å². The van der Waals surface area contributed by atoms with Crippen molar-refractivity contribution in [2.45, 2.75) is 26.2 Å². The van der Waals surface area contributed by atoms with Gasteiger partial charge in [0.15, 0.2) is 0 Å². The van der Waals surface area contributed by atoms with E-state index in [4.69, 9.17) is 11.6 Å². The van der Waals surface area contributed by atoms with E-state index in [1.165, 1.54) is 12.1 Å². The van der Waals surface area contributed by atoms with Crippen molar-refractivity contribution in [3.05, 3.63) is 34.3 Å². The van der Waals surface area contributed by atoms with Crippen molar-refractivity contribution >= 4 is 11.6 Å². The predicted molar refractivity (Wildman–Crippen MR) is 50.5 cm³/mol. The molecule has 0 aromatic heterocycles. The zero-order valence-corrected chi connectivity index (χ0v) is 8.28. The number of hydrogen-bond acceptors (Lipinski definition) is 0. The van der Waals surface area contributed by atoms with Gasteiger partial charge in [-0.2, -0.15) is 0 Å². The lowest BCUT2D eigenvalue weighted by molar-refractivity contribution is 0.151. The minimum atomic E-state index is -2.45. The van der Waals surface area contributed by atoms with Gasteiger partial charge in [0, 0.05) is 10.6 Å². The summed E-state index contributed by atoms with van der Waals surface area (Å²) >= 11 is 5.70. The fourth-order valence-electron chi connectivity index (χ4n) is 1.10. The Hall–Kier alpha value is -0.630. The average Bonchev–Trinajstić information content (AvgIpc) is 2.03. The van der Waals surface area contributed by atoms with Gasteiger partial charge in [-0.05, 0) is 29.7 Å². The molecule has 0 N–H and O–H groups in total. The van der Waals surface area contributed by atoms with E-state index in [0.717, 1.165) is 5.56 Å². The molecule has 1 aromatic rings. The van der Waals surface area contributed by atoms with Crippen molar-refractivity contribution in [2.75, 3.05) is 0 Å². The van der Waals surface area contributed by atoms with E-state index < -0.39 is 6.43 Å². The third kappa shape index (κ3) is 2.66. The molecule has 0 radical (unpaired) electrons. The average molecular weight is 205 g/mol. The Bertz CT molecular complexity index is 269. The first-order valence-electron chi connectivity index (χ1n) is 4.09. The summed E-state index contributed by atoms with van der Waals surface area (Å²) in [7, 11) is 0. The molecule has 1 aromatic carbocycles. The maximum absolute atomic E-state index is 12.3. The molecule has 0 saturated heterocycles. The summed E-state index contributed by atoms with van der Waals surface area (Å²) in [6, 6.07) is 4.53. The van der Waals surface area contributed by atoms with Crippen LogP contribution in [0.15, 0.2) is 18.2 Å². The summed E-state index contributed by atoms with van der Waals surface area (Å²) in [5.41, 5.74) is 0.846. The zero-order valence-electron chi connectivity index (χ0n) is 7.52. The predicted octanol–water partition coefficient (Wildman–Crippen LogP) is 4.40. The Morgan fingerprint density at radius 3 is 2.08 bits per heavy atom. The maximum Gasteiger partial charge on any atom is 0.263 e.